The highest BCUT2D eigenvalue weighted by Crippen LogP contribution is 2.14. The highest BCUT2D eigenvalue weighted by molar-refractivity contribution is 7.91. The van der Waals surface area contributed by atoms with Gasteiger partial charge in [-0.25, -0.2) is 8.42 Å². The molecule has 26 heavy (non-hydrogen) atoms. The van der Waals surface area contributed by atoms with Gasteiger partial charge in [0.1, 0.15) is 0 Å². The van der Waals surface area contributed by atoms with Crippen LogP contribution in [-0.4, -0.2) is 79.8 Å². The Hall–Kier alpha value is -1.61. The summed E-state index contributed by atoms with van der Waals surface area (Å²) < 4.78 is 24.9. The van der Waals surface area contributed by atoms with Crippen LogP contribution in [0.25, 0.3) is 0 Å². The van der Waals surface area contributed by atoms with E-state index in [-0.39, 0.29) is 17.5 Å². The minimum Gasteiger partial charge on any atom is -0.355 e. The number of aliphatic imine (C=N–C) groups is 1. The van der Waals surface area contributed by atoms with Crippen LogP contribution in [0.5, 0.6) is 0 Å². The number of guanidine groups is 1. The molecular formula is C17H32N6O2S. The molecule has 0 amide bonds. The summed E-state index contributed by atoms with van der Waals surface area (Å²) in [5, 5.41) is 11.2. The molecule has 1 aliphatic rings. The molecule has 0 saturated carbocycles. The summed E-state index contributed by atoms with van der Waals surface area (Å²) in [6.07, 6.45) is 0.885. The largest absolute Gasteiger partial charge is 0.355 e. The van der Waals surface area contributed by atoms with Gasteiger partial charge in [0.2, 0.25) is 0 Å². The third-order valence-corrected chi connectivity index (χ3v) is 6.54. The zero-order valence-corrected chi connectivity index (χ0v) is 17.4. The van der Waals surface area contributed by atoms with Crippen molar-refractivity contribution in [3.63, 3.8) is 0 Å². The lowest BCUT2D eigenvalue weighted by Crippen LogP contribution is -2.47. The molecule has 1 aromatic rings. The molecule has 1 saturated heterocycles. The number of hydrogen-bond acceptors (Lipinski definition) is 5. The number of nitrogens with one attached hydrogen (secondary N) is 2. The number of hydrogen-bond donors (Lipinski definition) is 2. The second-order valence-corrected chi connectivity index (χ2v) is 9.32. The fourth-order valence-corrected chi connectivity index (χ4v) is 4.48. The third-order valence-electron chi connectivity index (χ3n) is 4.93. The molecule has 0 radical (unpaired) electrons. The highest BCUT2D eigenvalue weighted by Gasteiger charge is 2.21. The van der Waals surface area contributed by atoms with Crippen LogP contribution in [-0.2, 0) is 23.3 Å². The van der Waals surface area contributed by atoms with E-state index in [0.717, 1.165) is 31.2 Å². The van der Waals surface area contributed by atoms with Crippen molar-refractivity contribution in [2.75, 3.05) is 44.7 Å². The smallest absolute Gasteiger partial charge is 0.191 e. The summed E-state index contributed by atoms with van der Waals surface area (Å²) in [7, 11) is 0.911. The molecule has 1 aromatic heterocycles. The summed E-state index contributed by atoms with van der Waals surface area (Å²) in [5.74, 6) is 1.29. The van der Waals surface area contributed by atoms with Crippen molar-refractivity contribution < 1.29 is 8.42 Å². The minimum absolute atomic E-state index is 0.225. The second kappa shape index (κ2) is 8.85. The SMILES string of the molecule is CN=C(NCCN1CCS(=O)(=O)CC1)NC(C)Cc1c(C)nn(C)c1C. The van der Waals surface area contributed by atoms with Gasteiger partial charge in [0, 0.05) is 52.0 Å². The van der Waals surface area contributed by atoms with Crippen LogP contribution in [0.4, 0.5) is 0 Å². The zero-order chi connectivity index (χ0) is 19.3. The predicted molar refractivity (Wildman–Crippen MR) is 105 cm³/mol. The third kappa shape index (κ3) is 5.70. The Bertz CT molecular complexity index is 727. The lowest BCUT2D eigenvalue weighted by atomic mass is 10.1. The quantitative estimate of drug-likeness (QED) is 0.524. The molecule has 0 aromatic carbocycles. The highest BCUT2D eigenvalue weighted by atomic mass is 32.2. The maximum Gasteiger partial charge on any atom is 0.191 e. The molecule has 0 spiro atoms. The summed E-state index contributed by atoms with van der Waals surface area (Å²) in [6.45, 7) is 9.05. The Morgan fingerprint density at radius 2 is 1.96 bits per heavy atom. The van der Waals surface area contributed by atoms with Crippen molar-refractivity contribution in [3.05, 3.63) is 17.0 Å². The maximum atomic E-state index is 11.5. The van der Waals surface area contributed by atoms with E-state index in [1.807, 2.05) is 18.7 Å². The fraction of sp³-hybridized carbons (Fsp3) is 0.765. The van der Waals surface area contributed by atoms with Crippen LogP contribution < -0.4 is 10.6 Å². The normalized spacial score (nSPS) is 19.3. The summed E-state index contributed by atoms with van der Waals surface area (Å²) in [5.41, 5.74) is 3.54. The number of rotatable bonds is 6. The Balaban J connectivity index is 1.76. The van der Waals surface area contributed by atoms with Gasteiger partial charge in [-0.15, -0.1) is 0 Å². The van der Waals surface area contributed by atoms with E-state index in [4.69, 9.17) is 0 Å². The van der Waals surface area contributed by atoms with Gasteiger partial charge in [-0.2, -0.15) is 5.10 Å². The second-order valence-electron chi connectivity index (χ2n) is 7.01. The van der Waals surface area contributed by atoms with Crippen LogP contribution in [0.2, 0.25) is 0 Å². The molecule has 2 heterocycles. The summed E-state index contributed by atoms with van der Waals surface area (Å²) in [6, 6.07) is 0.225. The molecule has 8 nitrogen and oxygen atoms in total. The van der Waals surface area contributed by atoms with Crippen molar-refractivity contribution >= 4 is 15.8 Å². The molecule has 1 aliphatic heterocycles. The van der Waals surface area contributed by atoms with Gasteiger partial charge in [0.05, 0.1) is 17.2 Å². The van der Waals surface area contributed by atoms with Gasteiger partial charge in [0.25, 0.3) is 0 Å². The Labute approximate surface area is 157 Å². The first kappa shape index (κ1) is 20.7. The Morgan fingerprint density at radius 3 is 2.50 bits per heavy atom. The van der Waals surface area contributed by atoms with E-state index in [0.29, 0.717) is 13.1 Å². The molecule has 1 unspecified atom stereocenters. The van der Waals surface area contributed by atoms with Gasteiger partial charge in [-0.05, 0) is 32.8 Å². The molecular weight excluding hydrogens is 352 g/mol. The van der Waals surface area contributed by atoms with E-state index >= 15 is 0 Å². The Morgan fingerprint density at radius 1 is 1.31 bits per heavy atom. The molecule has 0 bridgehead atoms. The number of nitrogens with zero attached hydrogens (tertiary/aromatic N) is 4. The van der Waals surface area contributed by atoms with E-state index in [1.54, 1.807) is 7.05 Å². The van der Waals surface area contributed by atoms with Crippen LogP contribution in [0, 0.1) is 13.8 Å². The summed E-state index contributed by atoms with van der Waals surface area (Å²) in [4.78, 5) is 6.46. The van der Waals surface area contributed by atoms with E-state index in [1.165, 1.54) is 11.3 Å². The van der Waals surface area contributed by atoms with E-state index in [9.17, 15) is 8.42 Å². The van der Waals surface area contributed by atoms with Crippen molar-refractivity contribution in [1.82, 2.24) is 25.3 Å². The first-order chi connectivity index (χ1) is 12.2. The van der Waals surface area contributed by atoms with E-state index < -0.39 is 9.84 Å². The molecule has 1 atom stereocenters. The van der Waals surface area contributed by atoms with Crippen molar-refractivity contribution in [2.45, 2.75) is 33.2 Å². The molecule has 0 aliphatic carbocycles. The van der Waals surface area contributed by atoms with Crippen molar-refractivity contribution in [2.24, 2.45) is 12.0 Å². The standard InChI is InChI=1S/C17H32N6O2S/c1-13(12-16-14(2)21-22(5)15(16)3)20-17(18-4)19-6-7-23-8-10-26(24,25)11-9-23/h13H,6-12H2,1-5H3,(H2,18,19,20). The van der Waals surface area contributed by atoms with Gasteiger partial charge in [-0.3, -0.25) is 14.6 Å². The predicted octanol–water partition coefficient (Wildman–Crippen LogP) is -0.137. The lowest BCUT2D eigenvalue weighted by Gasteiger charge is -2.27. The Kier molecular flexibility index (Phi) is 7.05. The topological polar surface area (TPSA) is 91.6 Å². The van der Waals surface area contributed by atoms with Gasteiger partial charge in [-0.1, -0.05) is 0 Å². The molecule has 2 N–H and O–H groups in total. The first-order valence-corrected chi connectivity index (χ1v) is 10.9. The molecule has 148 valence electrons. The average Bonchev–Trinajstić information content (AvgIpc) is 2.81. The van der Waals surface area contributed by atoms with E-state index in [2.05, 4.69) is 39.5 Å². The number of aryl methyl sites for hydroxylation is 2. The molecule has 1 fully saturated rings. The lowest BCUT2D eigenvalue weighted by molar-refractivity contribution is 0.299. The number of aromatic nitrogens is 2. The minimum atomic E-state index is -2.82. The zero-order valence-electron chi connectivity index (χ0n) is 16.5. The molecule has 2 rings (SSSR count). The van der Waals surface area contributed by atoms with Crippen LogP contribution in [0.1, 0.15) is 23.9 Å². The van der Waals surface area contributed by atoms with Crippen molar-refractivity contribution in [1.29, 1.82) is 0 Å². The average molecular weight is 385 g/mol. The van der Waals surface area contributed by atoms with Crippen LogP contribution in [0.3, 0.4) is 0 Å². The van der Waals surface area contributed by atoms with Crippen LogP contribution >= 0.6 is 0 Å². The molecule has 9 heteroatoms. The van der Waals surface area contributed by atoms with Gasteiger partial charge < -0.3 is 10.6 Å². The number of sulfone groups is 1. The first-order valence-electron chi connectivity index (χ1n) is 9.11. The van der Waals surface area contributed by atoms with Crippen LogP contribution in [0.15, 0.2) is 4.99 Å². The monoisotopic (exact) mass is 384 g/mol. The van der Waals surface area contributed by atoms with Gasteiger partial charge >= 0.3 is 0 Å². The van der Waals surface area contributed by atoms with Crippen molar-refractivity contribution in [3.8, 4) is 0 Å². The summed E-state index contributed by atoms with van der Waals surface area (Å²) >= 11 is 0. The fourth-order valence-electron chi connectivity index (χ4n) is 3.20. The maximum absolute atomic E-state index is 11.5. The van der Waals surface area contributed by atoms with Gasteiger partial charge in [0.15, 0.2) is 15.8 Å².